The normalized spacial score (nSPS) is 11.5. The second kappa shape index (κ2) is 17.0. The summed E-state index contributed by atoms with van der Waals surface area (Å²) in [7, 11) is -10.2. The number of rotatable bonds is 9. The number of halogens is 2. The van der Waals surface area contributed by atoms with Crippen molar-refractivity contribution in [3.8, 4) is 0 Å². The Morgan fingerprint density at radius 2 is 1.45 bits per heavy atom. The fraction of sp³-hybridized carbons (Fsp3) is 0. The fourth-order valence-corrected chi connectivity index (χ4v) is 5.44. The van der Waals surface area contributed by atoms with Crippen molar-refractivity contribution in [2.24, 2.45) is 10.2 Å². The van der Waals surface area contributed by atoms with Crippen molar-refractivity contribution in [1.29, 1.82) is 0 Å². The van der Waals surface area contributed by atoms with Crippen LogP contribution in [0.25, 0.3) is 10.8 Å². The first-order valence-electron chi connectivity index (χ1n) is 9.87. The molecule has 42 heavy (non-hydrogen) atoms. The van der Waals surface area contributed by atoms with Crippen LogP contribution in [0.4, 0.5) is 23.0 Å². The molecule has 0 amide bonds. The Kier molecular flexibility index (Phi) is 16.2. The first-order chi connectivity index (χ1) is 18.3. The number of benzene rings is 3. The minimum Gasteiger partial charge on any atom is -0.744 e. The first kappa shape index (κ1) is 40.0. The predicted octanol–water partition coefficient (Wildman–Crippen LogP) is -5.46. The molecule has 4 aromatic rings. The molecule has 0 spiro atoms. The largest absolute Gasteiger partial charge is 1.00 e. The summed E-state index contributed by atoms with van der Waals surface area (Å²) in [6.45, 7) is 0. The molecule has 0 bridgehead atoms. The summed E-state index contributed by atoms with van der Waals surface area (Å²) < 4.78 is 75.2. The Balaban J connectivity index is 0.00000294. The molecule has 0 unspecified atom stereocenters. The van der Waals surface area contributed by atoms with E-state index in [4.69, 9.17) is 23.2 Å². The van der Waals surface area contributed by atoms with E-state index in [9.17, 15) is 31.2 Å². The maximum absolute atomic E-state index is 11.9. The fourth-order valence-electron chi connectivity index (χ4n) is 3.21. The molecule has 0 radical (unpaired) electrons. The molecule has 0 fully saturated rings. The maximum atomic E-state index is 11.9. The van der Waals surface area contributed by atoms with Crippen LogP contribution in [-0.2, 0) is 29.6 Å². The van der Waals surface area contributed by atoms with Crippen LogP contribution in [0.2, 0.25) is 10.6 Å². The Labute approximate surface area is 318 Å². The van der Waals surface area contributed by atoms with Gasteiger partial charge in [-0.05, 0) is 59.6 Å². The second-order valence-electron chi connectivity index (χ2n) is 7.13. The standard InChI is InChI=1S/C19H12Cl2N6O9S3.3Na/c20-17-23-18(21)25-19(24-17)22-9-4-5-13(14(7-9)37-36-35-28)27-26-10-6-12-11(16(8-10)39(32,33)34)2-1-3-15(12)38(29,30)31;;;/h1-8,28H,(H,29,30,31)(H,32,33,34)(H,22,23,24,25);;;/q;3*+1/p-3. The van der Waals surface area contributed by atoms with Crippen molar-refractivity contribution in [3.05, 3.63) is 59.1 Å². The molecule has 15 nitrogen and oxygen atoms in total. The molecular weight excluding hydrogens is 692 g/mol. The van der Waals surface area contributed by atoms with Crippen molar-refractivity contribution in [1.82, 2.24) is 15.0 Å². The van der Waals surface area contributed by atoms with Gasteiger partial charge in [0, 0.05) is 16.5 Å². The van der Waals surface area contributed by atoms with Gasteiger partial charge in [-0.15, -0.1) is 5.11 Å². The van der Waals surface area contributed by atoms with Crippen LogP contribution in [0.15, 0.2) is 73.4 Å². The van der Waals surface area contributed by atoms with Gasteiger partial charge in [-0.1, -0.05) is 12.1 Å². The molecule has 0 aliphatic heterocycles. The quantitative estimate of drug-likeness (QED) is 0.0429. The summed E-state index contributed by atoms with van der Waals surface area (Å²) >= 11 is 11.9. The average Bonchev–Trinajstić information content (AvgIpc) is 2.84. The van der Waals surface area contributed by atoms with Gasteiger partial charge in [-0.25, -0.2) is 16.8 Å². The third kappa shape index (κ3) is 10.5. The van der Waals surface area contributed by atoms with Crippen LogP contribution < -0.4 is 99.2 Å². The van der Waals surface area contributed by atoms with Crippen molar-refractivity contribution in [2.45, 2.75) is 14.7 Å². The summed E-state index contributed by atoms with van der Waals surface area (Å²) in [5.74, 6) is -0.0158. The number of azo groups is 1. The zero-order valence-electron chi connectivity index (χ0n) is 21.5. The van der Waals surface area contributed by atoms with E-state index in [1.807, 2.05) is 0 Å². The molecule has 204 valence electrons. The number of nitrogens with zero attached hydrogens (tertiary/aromatic N) is 5. The zero-order valence-corrected chi connectivity index (χ0v) is 31.5. The van der Waals surface area contributed by atoms with E-state index < -0.39 is 30.0 Å². The van der Waals surface area contributed by atoms with Crippen LogP contribution in [0.5, 0.6) is 0 Å². The Hall–Kier alpha value is -0.0400. The van der Waals surface area contributed by atoms with Gasteiger partial charge in [-0.3, -0.25) is 5.04 Å². The maximum Gasteiger partial charge on any atom is 1.00 e. The molecule has 4 rings (SSSR count). The molecular formula is C19H9Cl2N6Na3O9S3. The van der Waals surface area contributed by atoms with Crippen LogP contribution in [0.1, 0.15) is 0 Å². The van der Waals surface area contributed by atoms with E-state index in [1.165, 1.54) is 24.3 Å². The molecule has 0 atom stereocenters. The monoisotopic (exact) mass is 700 g/mol. The van der Waals surface area contributed by atoms with Crippen molar-refractivity contribution < 1.29 is 129 Å². The summed E-state index contributed by atoms with van der Waals surface area (Å²) in [6, 6.07) is 9.45. The molecule has 1 heterocycles. The SMILES string of the molecule is O=S(=O)([O-])c1cc(N=Nc2ccc(Nc3nc(Cl)nc(Cl)n3)cc2SOO[O-])cc2c(S(=O)(=O)[O-])cccc12.[Na+].[Na+].[Na+]. The number of fused-ring (bicyclic) bond motifs is 1. The van der Waals surface area contributed by atoms with Gasteiger partial charge in [-0.2, -0.15) is 24.4 Å². The molecule has 3 aromatic carbocycles. The smallest absolute Gasteiger partial charge is 0.744 e. The van der Waals surface area contributed by atoms with Crippen LogP contribution in [0.3, 0.4) is 0 Å². The number of nitrogens with one attached hydrogen (secondary N) is 1. The molecule has 0 saturated heterocycles. The summed E-state index contributed by atoms with van der Waals surface area (Å²) in [4.78, 5) is 9.88. The molecule has 1 aromatic heterocycles. The van der Waals surface area contributed by atoms with Crippen LogP contribution >= 0.6 is 35.2 Å². The van der Waals surface area contributed by atoms with E-state index in [-0.39, 0.29) is 132 Å². The number of anilines is 2. The third-order valence-electron chi connectivity index (χ3n) is 4.66. The van der Waals surface area contributed by atoms with E-state index in [1.54, 1.807) is 0 Å². The van der Waals surface area contributed by atoms with E-state index >= 15 is 0 Å². The Morgan fingerprint density at radius 1 is 0.810 bits per heavy atom. The minimum atomic E-state index is -5.13. The number of hydrogen-bond acceptors (Lipinski definition) is 16. The number of hydrogen-bond donors (Lipinski definition) is 1. The van der Waals surface area contributed by atoms with E-state index in [0.717, 1.165) is 24.3 Å². The van der Waals surface area contributed by atoms with Gasteiger partial charge in [0.15, 0.2) is 0 Å². The Bertz CT molecular complexity index is 1820. The molecule has 1 N–H and O–H groups in total. The summed E-state index contributed by atoms with van der Waals surface area (Å²) in [5.41, 5.74) is 0.104. The zero-order chi connectivity index (χ0) is 28.4. The van der Waals surface area contributed by atoms with Crippen LogP contribution in [0, 0.1) is 0 Å². The predicted molar refractivity (Wildman–Crippen MR) is 132 cm³/mol. The molecule has 0 saturated carbocycles. The van der Waals surface area contributed by atoms with Gasteiger partial charge >= 0.3 is 88.7 Å². The molecule has 23 heteroatoms. The first-order valence-corrected chi connectivity index (χ1v) is 14.2. The topological polar surface area (TPSA) is 231 Å². The molecule has 0 aliphatic rings. The van der Waals surface area contributed by atoms with Crippen molar-refractivity contribution >= 4 is 89.3 Å². The average molecular weight is 701 g/mol. The molecule has 0 aliphatic carbocycles. The van der Waals surface area contributed by atoms with Gasteiger partial charge < -0.3 is 19.7 Å². The van der Waals surface area contributed by atoms with Gasteiger partial charge in [0.1, 0.15) is 25.9 Å². The van der Waals surface area contributed by atoms with Gasteiger partial charge in [0.25, 0.3) is 0 Å². The van der Waals surface area contributed by atoms with Gasteiger partial charge in [0.05, 0.1) is 32.4 Å². The number of aromatic nitrogens is 3. The van der Waals surface area contributed by atoms with Crippen molar-refractivity contribution in [2.75, 3.05) is 5.32 Å². The van der Waals surface area contributed by atoms with E-state index in [2.05, 4.69) is 39.9 Å². The summed E-state index contributed by atoms with van der Waals surface area (Å²) in [5, 5.41) is 23.4. The minimum absolute atomic E-state index is 0. The van der Waals surface area contributed by atoms with Crippen molar-refractivity contribution in [3.63, 3.8) is 0 Å². The van der Waals surface area contributed by atoms with E-state index in [0.29, 0.717) is 17.7 Å². The van der Waals surface area contributed by atoms with Crippen LogP contribution in [-0.4, -0.2) is 40.9 Å². The summed E-state index contributed by atoms with van der Waals surface area (Å²) in [6.07, 6.45) is 0. The third-order valence-corrected chi connectivity index (χ3v) is 7.40. The Morgan fingerprint density at radius 3 is 2.05 bits per heavy atom. The van der Waals surface area contributed by atoms with Gasteiger partial charge in [0.2, 0.25) is 16.5 Å². The second-order valence-corrected chi connectivity index (χ2v) is 11.2.